The quantitative estimate of drug-likeness (QED) is 0.841. The fourth-order valence-electron chi connectivity index (χ4n) is 1.89. The van der Waals surface area contributed by atoms with Crippen molar-refractivity contribution in [2.75, 3.05) is 12.3 Å². The minimum Gasteiger partial charge on any atom is -0.399 e. The van der Waals surface area contributed by atoms with E-state index in [4.69, 9.17) is 5.73 Å². The first-order valence-electron chi connectivity index (χ1n) is 6.45. The van der Waals surface area contributed by atoms with Crippen LogP contribution in [0.15, 0.2) is 42.5 Å². The number of carbonyl (C=O) groups is 1. The van der Waals surface area contributed by atoms with Gasteiger partial charge in [-0.2, -0.15) is 0 Å². The third-order valence-corrected chi connectivity index (χ3v) is 3.10. The molecule has 20 heavy (non-hydrogen) atoms. The standard InChI is InChI=1S/C16H17FN2O/c1-11-10-13(4-7-15(11)17)16(20)19-9-8-12-2-5-14(18)6-3-12/h2-7,10H,8-9,18H2,1H3,(H,19,20). The second-order valence-electron chi connectivity index (χ2n) is 4.71. The maximum Gasteiger partial charge on any atom is 0.251 e. The lowest BCUT2D eigenvalue weighted by atomic mass is 10.1. The van der Waals surface area contributed by atoms with Gasteiger partial charge in [0.05, 0.1) is 0 Å². The first-order chi connectivity index (χ1) is 9.56. The fourth-order valence-corrected chi connectivity index (χ4v) is 1.89. The molecule has 4 heteroatoms. The molecule has 0 saturated carbocycles. The van der Waals surface area contributed by atoms with E-state index >= 15 is 0 Å². The zero-order chi connectivity index (χ0) is 14.5. The van der Waals surface area contributed by atoms with Crippen molar-refractivity contribution in [2.24, 2.45) is 0 Å². The molecule has 2 aromatic carbocycles. The molecule has 0 unspecified atom stereocenters. The van der Waals surface area contributed by atoms with Crippen LogP contribution in [-0.4, -0.2) is 12.5 Å². The average Bonchev–Trinajstić information content (AvgIpc) is 2.44. The summed E-state index contributed by atoms with van der Waals surface area (Å²) in [5.41, 5.74) is 8.38. The van der Waals surface area contributed by atoms with E-state index < -0.39 is 0 Å². The molecule has 2 rings (SSSR count). The van der Waals surface area contributed by atoms with Crippen molar-refractivity contribution in [1.29, 1.82) is 0 Å². The van der Waals surface area contributed by atoms with Crippen molar-refractivity contribution < 1.29 is 9.18 Å². The fraction of sp³-hybridized carbons (Fsp3) is 0.188. The summed E-state index contributed by atoms with van der Waals surface area (Å²) in [6.45, 7) is 2.17. The molecule has 0 bridgehead atoms. The highest BCUT2D eigenvalue weighted by molar-refractivity contribution is 5.94. The van der Waals surface area contributed by atoms with Crippen LogP contribution in [0.25, 0.3) is 0 Å². The lowest BCUT2D eigenvalue weighted by molar-refractivity contribution is 0.0954. The lowest BCUT2D eigenvalue weighted by Gasteiger charge is -2.07. The Morgan fingerprint density at radius 2 is 1.90 bits per heavy atom. The van der Waals surface area contributed by atoms with Gasteiger partial charge in [-0.1, -0.05) is 12.1 Å². The molecule has 104 valence electrons. The smallest absolute Gasteiger partial charge is 0.251 e. The van der Waals surface area contributed by atoms with Gasteiger partial charge in [0.25, 0.3) is 5.91 Å². The third kappa shape index (κ3) is 3.57. The Morgan fingerprint density at radius 1 is 1.20 bits per heavy atom. The molecule has 2 aromatic rings. The van der Waals surface area contributed by atoms with E-state index in [1.54, 1.807) is 13.0 Å². The molecule has 0 aliphatic carbocycles. The molecule has 3 nitrogen and oxygen atoms in total. The van der Waals surface area contributed by atoms with E-state index in [9.17, 15) is 9.18 Å². The van der Waals surface area contributed by atoms with Gasteiger partial charge in [0.2, 0.25) is 0 Å². The second-order valence-corrected chi connectivity index (χ2v) is 4.71. The maximum atomic E-state index is 13.1. The van der Waals surface area contributed by atoms with Crippen molar-refractivity contribution >= 4 is 11.6 Å². The van der Waals surface area contributed by atoms with Crippen molar-refractivity contribution in [3.63, 3.8) is 0 Å². The Labute approximate surface area is 117 Å². The summed E-state index contributed by atoms with van der Waals surface area (Å²) >= 11 is 0. The molecule has 3 N–H and O–H groups in total. The molecule has 0 fully saturated rings. The molecule has 0 heterocycles. The number of nitrogen functional groups attached to an aromatic ring is 1. The molecule has 0 saturated heterocycles. The highest BCUT2D eigenvalue weighted by atomic mass is 19.1. The van der Waals surface area contributed by atoms with Crippen LogP contribution in [0.5, 0.6) is 0 Å². The summed E-state index contributed by atoms with van der Waals surface area (Å²) < 4.78 is 13.1. The van der Waals surface area contributed by atoms with Gasteiger partial charge in [-0.05, 0) is 54.8 Å². The van der Waals surface area contributed by atoms with Crippen molar-refractivity contribution in [3.05, 3.63) is 65.0 Å². The number of aryl methyl sites for hydroxylation is 1. The topological polar surface area (TPSA) is 55.1 Å². The Kier molecular flexibility index (Phi) is 4.35. The molecular weight excluding hydrogens is 255 g/mol. The van der Waals surface area contributed by atoms with E-state index in [0.29, 0.717) is 17.7 Å². The van der Waals surface area contributed by atoms with Gasteiger partial charge >= 0.3 is 0 Å². The van der Waals surface area contributed by atoms with Gasteiger partial charge in [0.1, 0.15) is 5.82 Å². The summed E-state index contributed by atoms with van der Waals surface area (Å²) in [6, 6.07) is 11.9. The zero-order valence-corrected chi connectivity index (χ0v) is 11.3. The lowest BCUT2D eigenvalue weighted by Crippen LogP contribution is -2.25. The van der Waals surface area contributed by atoms with Crippen LogP contribution in [-0.2, 0) is 6.42 Å². The first-order valence-corrected chi connectivity index (χ1v) is 6.45. The summed E-state index contributed by atoms with van der Waals surface area (Å²) in [5.74, 6) is -0.494. The Morgan fingerprint density at radius 3 is 2.55 bits per heavy atom. The summed E-state index contributed by atoms with van der Waals surface area (Å²) in [6.07, 6.45) is 0.728. The molecule has 0 aromatic heterocycles. The van der Waals surface area contributed by atoms with E-state index in [2.05, 4.69) is 5.32 Å². The molecule has 0 aliphatic rings. The van der Waals surface area contributed by atoms with E-state index in [1.165, 1.54) is 12.1 Å². The van der Waals surface area contributed by atoms with Crippen molar-refractivity contribution in [2.45, 2.75) is 13.3 Å². The number of hydrogen-bond acceptors (Lipinski definition) is 2. The van der Waals surface area contributed by atoms with Crippen LogP contribution in [0.2, 0.25) is 0 Å². The number of anilines is 1. The summed E-state index contributed by atoms with van der Waals surface area (Å²) in [4.78, 5) is 11.9. The maximum absolute atomic E-state index is 13.1. The monoisotopic (exact) mass is 272 g/mol. The Balaban J connectivity index is 1.88. The van der Waals surface area contributed by atoms with Crippen LogP contribution in [0, 0.1) is 12.7 Å². The van der Waals surface area contributed by atoms with E-state index in [0.717, 1.165) is 17.7 Å². The van der Waals surface area contributed by atoms with Crippen LogP contribution in [0.4, 0.5) is 10.1 Å². The van der Waals surface area contributed by atoms with Gasteiger partial charge in [0, 0.05) is 17.8 Å². The average molecular weight is 272 g/mol. The number of amides is 1. The van der Waals surface area contributed by atoms with Crippen molar-refractivity contribution in [3.8, 4) is 0 Å². The molecule has 1 amide bonds. The first kappa shape index (κ1) is 14.1. The second kappa shape index (κ2) is 6.19. The molecular formula is C16H17FN2O. The normalized spacial score (nSPS) is 10.3. The highest BCUT2D eigenvalue weighted by Gasteiger charge is 2.07. The molecule has 0 radical (unpaired) electrons. The summed E-state index contributed by atoms with van der Waals surface area (Å²) in [7, 11) is 0. The Bertz CT molecular complexity index is 608. The van der Waals surface area contributed by atoms with Gasteiger partial charge in [-0.3, -0.25) is 4.79 Å². The zero-order valence-electron chi connectivity index (χ0n) is 11.3. The predicted octanol–water partition coefficient (Wildman–Crippen LogP) is 2.69. The largest absolute Gasteiger partial charge is 0.399 e. The van der Waals surface area contributed by atoms with Crippen LogP contribution in [0.3, 0.4) is 0 Å². The number of halogens is 1. The molecule has 0 aliphatic heterocycles. The molecule has 0 atom stereocenters. The molecule has 0 spiro atoms. The van der Waals surface area contributed by atoms with Crippen LogP contribution < -0.4 is 11.1 Å². The number of rotatable bonds is 4. The SMILES string of the molecule is Cc1cc(C(=O)NCCc2ccc(N)cc2)ccc1F. The minimum absolute atomic E-state index is 0.191. The minimum atomic E-state index is -0.302. The number of hydrogen-bond donors (Lipinski definition) is 2. The van der Waals surface area contributed by atoms with Crippen LogP contribution in [0.1, 0.15) is 21.5 Å². The third-order valence-electron chi connectivity index (χ3n) is 3.10. The van der Waals surface area contributed by atoms with Crippen LogP contribution >= 0.6 is 0 Å². The summed E-state index contributed by atoms with van der Waals surface area (Å²) in [5, 5.41) is 2.82. The van der Waals surface area contributed by atoms with Gasteiger partial charge in [0.15, 0.2) is 0 Å². The van der Waals surface area contributed by atoms with E-state index in [-0.39, 0.29) is 11.7 Å². The Hall–Kier alpha value is -2.36. The van der Waals surface area contributed by atoms with Gasteiger partial charge in [-0.15, -0.1) is 0 Å². The number of benzene rings is 2. The predicted molar refractivity (Wildman–Crippen MR) is 78.0 cm³/mol. The van der Waals surface area contributed by atoms with Crippen molar-refractivity contribution in [1.82, 2.24) is 5.32 Å². The van der Waals surface area contributed by atoms with E-state index in [1.807, 2.05) is 24.3 Å². The van der Waals surface area contributed by atoms with Gasteiger partial charge < -0.3 is 11.1 Å². The van der Waals surface area contributed by atoms with Gasteiger partial charge in [-0.25, -0.2) is 4.39 Å². The number of carbonyl (C=O) groups excluding carboxylic acids is 1. The number of nitrogens with two attached hydrogens (primary N) is 1. The number of nitrogens with one attached hydrogen (secondary N) is 1. The highest BCUT2D eigenvalue weighted by Crippen LogP contribution is 2.09.